The summed E-state index contributed by atoms with van der Waals surface area (Å²) in [5, 5.41) is 0.599. The lowest BCUT2D eigenvalue weighted by Crippen LogP contribution is -2.24. The van der Waals surface area contributed by atoms with Gasteiger partial charge in [0.2, 0.25) is 0 Å². The maximum atomic E-state index is 12.5. The van der Waals surface area contributed by atoms with Crippen molar-refractivity contribution in [3.8, 4) is 0 Å². The van der Waals surface area contributed by atoms with Crippen LogP contribution in [0.25, 0.3) is 11.1 Å². The molecule has 3 rings (SSSR count). The number of aromatic nitrogens is 2. The van der Waals surface area contributed by atoms with E-state index in [4.69, 9.17) is 16.0 Å². The van der Waals surface area contributed by atoms with Crippen molar-refractivity contribution in [2.45, 2.75) is 20.4 Å². The SMILES string of the molecule is Cc1c(C)n(Cc2ccccc2Cl)c(=O)c2[nH]c(=O)oc12. The fourth-order valence-electron chi connectivity index (χ4n) is 2.38. The molecule has 6 heteroatoms. The number of benzene rings is 1. The minimum Gasteiger partial charge on any atom is -0.407 e. The van der Waals surface area contributed by atoms with E-state index in [9.17, 15) is 9.59 Å². The van der Waals surface area contributed by atoms with Gasteiger partial charge in [0.25, 0.3) is 5.56 Å². The van der Waals surface area contributed by atoms with Gasteiger partial charge >= 0.3 is 5.76 Å². The van der Waals surface area contributed by atoms with E-state index in [1.165, 1.54) is 0 Å². The second-order valence-electron chi connectivity index (χ2n) is 4.91. The van der Waals surface area contributed by atoms with Gasteiger partial charge in [0.15, 0.2) is 11.1 Å². The minimum absolute atomic E-state index is 0.190. The van der Waals surface area contributed by atoms with Crippen molar-refractivity contribution in [2.24, 2.45) is 0 Å². The van der Waals surface area contributed by atoms with E-state index >= 15 is 0 Å². The van der Waals surface area contributed by atoms with Gasteiger partial charge in [-0.15, -0.1) is 0 Å². The molecule has 0 fully saturated rings. The number of fused-ring (bicyclic) bond motifs is 1. The summed E-state index contributed by atoms with van der Waals surface area (Å²) in [5.74, 6) is -0.625. The van der Waals surface area contributed by atoms with Crippen LogP contribution in [-0.4, -0.2) is 9.55 Å². The molecule has 1 N–H and O–H groups in total. The zero-order valence-electron chi connectivity index (χ0n) is 11.6. The van der Waals surface area contributed by atoms with Crippen molar-refractivity contribution in [2.75, 3.05) is 0 Å². The maximum absolute atomic E-state index is 12.5. The fourth-order valence-corrected chi connectivity index (χ4v) is 2.58. The molecule has 0 atom stereocenters. The van der Waals surface area contributed by atoms with Crippen LogP contribution in [0.2, 0.25) is 5.02 Å². The molecule has 0 amide bonds. The van der Waals surface area contributed by atoms with Gasteiger partial charge in [0.1, 0.15) is 0 Å². The van der Waals surface area contributed by atoms with Crippen molar-refractivity contribution in [3.05, 3.63) is 67.0 Å². The lowest BCUT2D eigenvalue weighted by atomic mass is 10.1. The number of nitrogens with zero attached hydrogens (tertiary/aromatic N) is 1. The molecule has 0 spiro atoms. The second-order valence-corrected chi connectivity index (χ2v) is 5.32. The van der Waals surface area contributed by atoms with E-state index in [0.29, 0.717) is 17.2 Å². The van der Waals surface area contributed by atoms with Gasteiger partial charge in [-0.25, -0.2) is 4.79 Å². The van der Waals surface area contributed by atoms with Crippen molar-refractivity contribution >= 4 is 22.7 Å². The Morgan fingerprint density at radius 1 is 1.24 bits per heavy atom. The highest BCUT2D eigenvalue weighted by Crippen LogP contribution is 2.19. The van der Waals surface area contributed by atoms with Crippen molar-refractivity contribution in [1.82, 2.24) is 9.55 Å². The molecular weight excluding hydrogens is 292 g/mol. The van der Waals surface area contributed by atoms with Crippen LogP contribution in [0.3, 0.4) is 0 Å². The van der Waals surface area contributed by atoms with Crippen LogP contribution >= 0.6 is 11.6 Å². The molecule has 0 saturated carbocycles. The van der Waals surface area contributed by atoms with Gasteiger partial charge in [-0.2, -0.15) is 0 Å². The van der Waals surface area contributed by atoms with Crippen LogP contribution < -0.4 is 11.3 Å². The lowest BCUT2D eigenvalue weighted by Gasteiger charge is -2.13. The first-order valence-corrected chi connectivity index (χ1v) is 6.83. The predicted molar refractivity (Wildman–Crippen MR) is 81.1 cm³/mol. The Bertz CT molecular complexity index is 950. The third kappa shape index (κ3) is 2.19. The number of nitrogens with one attached hydrogen (secondary N) is 1. The summed E-state index contributed by atoms with van der Waals surface area (Å²) in [6, 6.07) is 7.35. The molecule has 0 aliphatic rings. The third-order valence-corrected chi connectivity index (χ3v) is 4.05. The average molecular weight is 305 g/mol. The topological polar surface area (TPSA) is 68.0 Å². The first-order chi connectivity index (χ1) is 9.99. The number of oxazole rings is 1. The van der Waals surface area contributed by atoms with Crippen LogP contribution in [-0.2, 0) is 6.54 Å². The molecule has 1 aromatic carbocycles. The second kappa shape index (κ2) is 4.93. The Morgan fingerprint density at radius 3 is 2.67 bits per heavy atom. The van der Waals surface area contributed by atoms with Crippen molar-refractivity contribution in [1.29, 1.82) is 0 Å². The standard InChI is InChI=1S/C15H13ClN2O3/c1-8-9(2)18(7-10-5-3-4-6-11(10)16)14(19)12-13(8)21-15(20)17-12/h3-6H,7H2,1-2H3,(H,17,20). The molecule has 21 heavy (non-hydrogen) atoms. The van der Waals surface area contributed by atoms with Gasteiger partial charge in [-0.1, -0.05) is 29.8 Å². The number of aromatic amines is 1. The molecule has 0 saturated heterocycles. The molecule has 3 aromatic rings. The van der Waals surface area contributed by atoms with E-state index in [-0.39, 0.29) is 11.1 Å². The molecule has 0 bridgehead atoms. The quantitative estimate of drug-likeness (QED) is 0.791. The number of pyridine rings is 1. The Morgan fingerprint density at radius 2 is 1.95 bits per heavy atom. The van der Waals surface area contributed by atoms with E-state index in [1.54, 1.807) is 10.6 Å². The highest BCUT2D eigenvalue weighted by molar-refractivity contribution is 6.31. The summed E-state index contributed by atoms with van der Waals surface area (Å²) in [5.41, 5.74) is 2.56. The van der Waals surface area contributed by atoms with Gasteiger partial charge in [0, 0.05) is 16.3 Å². The summed E-state index contributed by atoms with van der Waals surface area (Å²) in [6.45, 7) is 3.98. The number of H-pyrrole nitrogens is 1. The number of hydrogen-bond donors (Lipinski definition) is 1. The molecule has 0 unspecified atom stereocenters. The highest BCUT2D eigenvalue weighted by Gasteiger charge is 2.16. The molecule has 0 radical (unpaired) electrons. The van der Waals surface area contributed by atoms with Gasteiger partial charge in [-0.05, 0) is 25.5 Å². The lowest BCUT2D eigenvalue weighted by molar-refractivity contribution is 0.552. The van der Waals surface area contributed by atoms with E-state index < -0.39 is 5.76 Å². The Labute approximate surface area is 124 Å². The predicted octanol–water partition coefficient (Wildman–Crippen LogP) is 2.60. The normalized spacial score (nSPS) is 11.2. The number of aryl methyl sites for hydroxylation is 1. The monoisotopic (exact) mass is 304 g/mol. The summed E-state index contributed by atoms with van der Waals surface area (Å²) >= 11 is 6.15. The average Bonchev–Trinajstić information content (AvgIpc) is 2.85. The molecule has 0 aliphatic carbocycles. The Hall–Kier alpha value is -2.27. The smallest absolute Gasteiger partial charge is 0.407 e. The zero-order chi connectivity index (χ0) is 15.1. The van der Waals surface area contributed by atoms with Crippen LogP contribution in [0.15, 0.2) is 38.3 Å². The molecule has 2 heterocycles. The van der Waals surface area contributed by atoms with Crippen molar-refractivity contribution < 1.29 is 4.42 Å². The first-order valence-electron chi connectivity index (χ1n) is 6.45. The first kappa shape index (κ1) is 13.7. The van der Waals surface area contributed by atoms with Crippen LogP contribution in [0.5, 0.6) is 0 Å². The van der Waals surface area contributed by atoms with Crippen molar-refractivity contribution in [3.63, 3.8) is 0 Å². The van der Waals surface area contributed by atoms with Gasteiger partial charge < -0.3 is 8.98 Å². The molecule has 0 aliphatic heterocycles. The summed E-state index contributed by atoms with van der Waals surface area (Å²) < 4.78 is 6.63. The van der Waals surface area contributed by atoms with Crippen LogP contribution in [0.4, 0.5) is 0 Å². The molecule has 108 valence electrons. The third-order valence-electron chi connectivity index (χ3n) is 3.68. The van der Waals surface area contributed by atoms with E-state index in [2.05, 4.69) is 4.98 Å². The summed E-state index contributed by atoms with van der Waals surface area (Å²) in [4.78, 5) is 26.3. The molecule has 5 nitrogen and oxygen atoms in total. The summed E-state index contributed by atoms with van der Waals surface area (Å²) in [7, 11) is 0. The van der Waals surface area contributed by atoms with Gasteiger partial charge in [0.05, 0.1) is 6.54 Å². The summed E-state index contributed by atoms with van der Waals surface area (Å²) in [6.07, 6.45) is 0. The number of hydrogen-bond acceptors (Lipinski definition) is 3. The fraction of sp³-hybridized carbons (Fsp3) is 0.200. The maximum Gasteiger partial charge on any atom is 0.417 e. The highest BCUT2D eigenvalue weighted by atomic mass is 35.5. The molecule has 2 aromatic heterocycles. The number of rotatable bonds is 2. The van der Waals surface area contributed by atoms with Gasteiger partial charge in [-0.3, -0.25) is 9.78 Å². The largest absolute Gasteiger partial charge is 0.417 e. The minimum atomic E-state index is -0.625. The Kier molecular flexibility index (Phi) is 3.22. The Balaban J connectivity index is 2.26. The van der Waals surface area contributed by atoms with Crippen LogP contribution in [0.1, 0.15) is 16.8 Å². The van der Waals surface area contributed by atoms with Crippen LogP contribution in [0, 0.1) is 13.8 Å². The van der Waals surface area contributed by atoms with E-state index in [0.717, 1.165) is 16.8 Å². The number of halogens is 1. The van der Waals surface area contributed by atoms with E-state index in [1.807, 2.05) is 32.0 Å². The zero-order valence-corrected chi connectivity index (χ0v) is 12.3. The molecular formula is C15H13ClN2O3.